The molecule has 2 aliphatic rings. The number of urea groups is 1. The molecule has 2 amide bonds. The Hall–Kier alpha value is -1.33. The Balaban J connectivity index is 1.30. The fraction of sp³-hybridized carbons (Fsp3) is 0.810. The number of nitrogens with one attached hydrogen (secondary N) is 2. The van der Waals surface area contributed by atoms with Gasteiger partial charge in [-0.15, -0.1) is 6.58 Å². The smallest absolute Gasteiger partial charge is 0.315 e. The van der Waals surface area contributed by atoms with Gasteiger partial charge in [0.05, 0.1) is 64.9 Å². The van der Waals surface area contributed by atoms with Crippen LogP contribution >= 0.6 is 11.8 Å². The fourth-order valence-electron chi connectivity index (χ4n) is 3.37. The third-order valence-corrected chi connectivity index (χ3v) is 6.41. The van der Waals surface area contributed by atoms with Gasteiger partial charge in [-0.25, -0.2) is 4.79 Å². The first-order chi connectivity index (χ1) is 15.2. The Kier molecular flexibility index (Phi) is 13.7. The second-order valence-corrected chi connectivity index (χ2v) is 8.56. The van der Waals surface area contributed by atoms with E-state index in [1.54, 1.807) is 6.08 Å². The van der Waals surface area contributed by atoms with Crippen LogP contribution in [0.3, 0.4) is 0 Å². The maximum absolute atomic E-state index is 11.8. The fourth-order valence-corrected chi connectivity index (χ4v) is 4.91. The van der Waals surface area contributed by atoms with Gasteiger partial charge in [-0.2, -0.15) is 11.8 Å². The molecule has 0 aromatic rings. The quantitative estimate of drug-likeness (QED) is 0.129. The van der Waals surface area contributed by atoms with Crippen LogP contribution in [0.4, 0.5) is 4.79 Å². The molecule has 0 aliphatic carbocycles. The van der Waals surface area contributed by atoms with E-state index in [0.717, 1.165) is 25.0 Å². The number of ether oxygens (including phenoxy) is 5. The molecule has 0 aromatic carbocycles. The molecule has 2 fully saturated rings. The molecule has 0 unspecified atom stereocenters. The molecule has 31 heavy (non-hydrogen) atoms. The summed E-state index contributed by atoms with van der Waals surface area (Å²) < 4.78 is 26.5. The topological polar surface area (TPSA) is 104 Å². The van der Waals surface area contributed by atoms with Gasteiger partial charge < -0.3 is 34.3 Å². The van der Waals surface area contributed by atoms with E-state index in [-0.39, 0.29) is 30.7 Å². The molecule has 10 heteroatoms. The third-order valence-electron chi connectivity index (χ3n) is 4.90. The molecule has 3 atom stereocenters. The van der Waals surface area contributed by atoms with Crippen molar-refractivity contribution in [3.63, 3.8) is 0 Å². The summed E-state index contributed by atoms with van der Waals surface area (Å²) in [5.41, 5.74) is 0. The van der Waals surface area contributed by atoms with Crippen molar-refractivity contribution < 1.29 is 33.3 Å². The standard InChI is InChI=1S/C21H36N2O7S/c1-2-7-26-8-9-27-10-11-28-12-13-29-14-15-30-19(24)6-4-3-5-18-20-17(16-31-18)22-21(25)23-20/h2,17-18,20H,1,3-16H2,(H2,22,23,25)/t17-,18-,20-/m0/s1. The van der Waals surface area contributed by atoms with E-state index in [9.17, 15) is 9.59 Å². The van der Waals surface area contributed by atoms with Gasteiger partial charge in [0.2, 0.25) is 0 Å². The first-order valence-electron chi connectivity index (χ1n) is 11.0. The number of amides is 2. The first kappa shape index (κ1) is 25.9. The van der Waals surface area contributed by atoms with Crippen molar-refractivity contribution in [2.45, 2.75) is 43.0 Å². The second-order valence-electron chi connectivity index (χ2n) is 7.29. The summed E-state index contributed by atoms with van der Waals surface area (Å²) in [5, 5.41) is 6.35. The van der Waals surface area contributed by atoms with Gasteiger partial charge in [0, 0.05) is 17.4 Å². The molecule has 0 bridgehead atoms. The van der Waals surface area contributed by atoms with Crippen LogP contribution in [0, 0.1) is 0 Å². The van der Waals surface area contributed by atoms with E-state index >= 15 is 0 Å². The van der Waals surface area contributed by atoms with Gasteiger partial charge in [-0.05, 0) is 12.8 Å². The molecule has 2 rings (SSSR count). The van der Waals surface area contributed by atoms with Crippen molar-refractivity contribution in [3.05, 3.63) is 12.7 Å². The normalized spacial score (nSPS) is 22.1. The molecular weight excluding hydrogens is 424 g/mol. The van der Waals surface area contributed by atoms with Gasteiger partial charge in [0.1, 0.15) is 6.61 Å². The average Bonchev–Trinajstić information content (AvgIpc) is 3.30. The zero-order chi connectivity index (χ0) is 22.2. The Labute approximate surface area is 188 Å². The molecule has 2 saturated heterocycles. The summed E-state index contributed by atoms with van der Waals surface area (Å²) in [6.45, 7) is 7.75. The first-order valence-corrected chi connectivity index (χ1v) is 12.0. The van der Waals surface area contributed by atoms with Gasteiger partial charge in [-0.3, -0.25) is 4.79 Å². The maximum atomic E-state index is 11.8. The number of hydrogen-bond donors (Lipinski definition) is 2. The van der Waals surface area contributed by atoms with Crippen molar-refractivity contribution in [1.82, 2.24) is 10.6 Å². The molecule has 9 nitrogen and oxygen atoms in total. The SMILES string of the molecule is C=CCOCCOCCOCCOCCOC(=O)CCCC[C@@H]1SC[C@@H]2NC(=O)N[C@@H]21. The van der Waals surface area contributed by atoms with E-state index in [1.165, 1.54) is 0 Å². The summed E-state index contributed by atoms with van der Waals surface area (Å²) >= 11 is 1.89. The highest BCUT2D eigenvalue weighted by molar-refractivity contribution is 8.00. The average molecular weight is 461 g/mol. The Morgan fingerprint density at radius 2 is 1.61 bits per heavy atom. The van der Waals surface area contributed by atoms with E-state index in [0.29, 0.717) is 64.5 Å². The Morgan fingerprint density at radius 1 is 0.968 bits per heavy atom. The van der Waals surface area contributed by atoms with Gasteiger partial charge in [0.25, 0.3) is 0 Å². The van der Waals surface area contributed by atoms with Gasteiger partial charge in [-0.1, -0.05) is 12.5 Å². The molecule has 0 aromatic heterocycles. The highest BCUT2D eigenvalue weighted by Gasteiger charge is 2.42. The van der Waals surface area contributed by atoms with Crippen LogP contribution in [0.25, 0.3) is 0 Å². The summed E-state index contributed by atoms with van der Waals surface area (Å²) in [7, 11) is 0. The predicted octanol–water partition coefficient (Wildman–Crippen LogP) is 1.51. The molecule has 2 N–H and O–H groups in total. The number of esters is 1. The van der Waals surface area contributed by atoms with E-state index in [4.69, 9.17) is 23.7 Å². The van der Waals surface area contributed by atoms with Crippen LogP contribution < -0.4 is 10.6 Å². The number of thioether (sulfide) groups is 1. The summed E-state index contributed by atoms with van der Waals surface area (Å²) in [6.07, 6.45) is 4.86. The molecule has 178 valence electrons. The highest BCUT2D eigenvalue weighted by atomic mass is 32.2. The van der Waals surface area contributed by atoms with Gasteiger partial charge >= 0.3 is 12.0 Å². The minimum atomic E-state index is -0.193. The van der Waals surface area contributed by atoms with Crippen molar-refractivity contribution in [1.29, 1.82) is 0 Å². The van der Waals surface area contributed by atoms with Crippen LogP contribution in [-0.2, 0) is 28.5 Å². The lowest BCUT2D eigenvalue weighted by atomic mass is 10.0. The number of fused-ring (bicyclic) bond motifs is 1. The van der Waals surface area contributed by atoms with Crippen LogP contribution in [0.15, 0.2) is 12.7 Å². The van der Waals surface area contributed by atoms with E-state index < -0.39 is 0 Å². The highest BCUT2D eigenvalue weighted by Crippen LogP contribution is 2.33. The van der Waals surface area contributed by atoms with E-state index in [1.807, 2.05) is 11.8 Å². The number of carbonyl (C=O) groups is 2. The zero-order valence-corrected chi connectivity index (χ0v) is 19.0. The van der Waals surface area contributed by atoms with Gasteiger partial charge in [0.15, 0.2) is 0 Å². The largest absolute Gasteiger partial charge is 0.463 e. The lowest BCUT2D eigenvalue weighted by Gasteiger charge is -2.16. The van der Waals surface area contributed by atoms with Crippen LogP contribution in [0.5, 0.6) is 0 Å². The van der Waals surface area contributed by atoms with Crippen molar-refractivity contribution in [2.24, 2.45) is 0 Å². The molecule has 0 spiro atoms. The number of hydrogen-bond acceptors (Lipinski definition) is 8. The number of unbranched alkanes of at least 4 members (excludes halogenated alkanes) is 1. The Morgan fingerprint density at radius 3 is 2.29 bits per heavy atom. The van der Waals surface area contributed by atoms with Crippen LogP contribution in [0.1, 0.15) is 25.7 Å². The second kappa shape index (κ2) is 16.3. The lowest BCUT2D eigenvalue weighted by Crippen LogP contribution is -2.36. The number of carbonyl (C=O) groups excluding carboxylic acids is 2. The minimum absolute atomic E-state index is 0.0623. The summed E-state index contributed by atoms with van der Waals surface area (Å²) in [6, 6.07) is 0.409. The monoisotopic (exact) mass is 460 g/mol. The summed E-state index contributed by atoms with van der Waals surface area (Å²) in [5.74, 6) is 0.766. The molecule has 2 heterocycles. The molecule has 2 aliphatic heterocycles. The Bertz CT molecular complexity index is 538. The lowest BCUT2D eigenvalue weighted by molar-refractivity contribution is -0.145. The molecule has 0 radical (unpaired) electrons. The van der Waals surface area contributed by atoms with Crippen molar-refractivity contribution in [3.8, 4) is 0 Å². The maximum Gasteiger partial charge on any atom is 0.315 e. The third kappa shape index (κ3) is 11.2. The van der Waals surface area contributed by atoms with Crippen LogP contribution in [0.2, 0.25) is 0 Å². The number of rotatable bonds is 19. The zero-order valence-electron chi connectivity index (χ0n) is 18.2. The predicted molar refractivity (Wildman–Crippen MR) is 118 cm³/mol. The van der Waals surface area contributed by atoms with E-state index in [2.05, 4.69) is 17.2 Å². The summed E-state index contributed by atoms with van der Waals surface area (Å²) in [4.78, 5) is 23.2. The van der Waals surface area contributed by atoms with Crippen molar-refractivity contribution >= 4 is 23.8 Å². The van der Waals surface area contributed by atoms with Crippen molar-refractivity contribution in [2.75, 3.05) is 65.2 Å². The molecule has 0 saturated carbocycles. The molecular formula is C21H36N2O7S. The van der Waals surface area contributed by atoms with Crippen LogP contribution in [-0.4, -0.2) is 94.5 Å². The minimum Gasteiger partial charge on any atom is -0.463 e.